The van der Waals surface area contributed by atoms with E-state index in [1.807, 2.05) is 11.6 Å². The van der Waals surface area contributed by atoms with E-state index in [1.54, 1.807) is 0 Å². The highest BCUT2D eigenvalue weighted by atomic mass is 35.5. The Bertz CT molecular complexity index is 373. The highest BCUT2D eigenvalue weighted by Gasteiger charge is 2.18. The van der Waals surface area contributed by atoms with E-state index in [0.717, 1.165) is 36.8 Å². The van der Waals surface area contributed by atoms with Crippen LogP contribution in [-0.2, 0) is 13.0 Å². The normalized spacial score (nSPS) is 14.8. The van der Waals surface area contributed by atoms with Gasteiger partial charge in [0.2, 0.25) is 0 Å². The molecule has 0 saturated carbocycles. The van der Waals surface area contributed by atoms with E-state index >= 15 is 0 Å². The lowest BCUT2D eigenvalue weighted by molar-refractivity contribution is 0.360. The van der Waals surface area contributed by atoms with Crippen molar-refractivity contribution in [3.05, 3.63) is 16.4 Å². The largest absolute Gasteiger partial charge is 0.317 e. The van der Waals surface area contributed by atoms with Gasteiger partial charge in [0.1, 0.15) is 0 Å². The Labute approximate surface area is 116 Å². The van der Waals surface area contributed by atoms with Crippen LogP contribution in [0, 0.1) is 18.8 Å². The number of hydrogen-bond acceptors (Lipinski definition) is 2. The smallest absolute Gasteiger partial charge is 0.0847 e. The van der Waals surface area contributed by atoms with Crippen molar-refractivity contribution in [1.29, 1.82) is 0 Å². The average molecular weight is 272 g/mol. The minimum atomic E-state index is 0.600. The van der Waals surface area contributed by atoms with Gasteiger partial charge in [-0.3, -0.25) is 4.68 Å². The summed E-state index contributed by atoms with van der Waals surface area (Å²) in [4.78, 5) is 0. The molecule has 104 valence electrons. The van der Waals surface area contributed by atoms with Crippen molar-refractivity contribution < 1.29 is 0 Å². The van der Waals surface area contributed by atoms with E-state index < -0.39 is 0 Å². The van der Waals surface area contributed by atoms with Crippen LogP contribution in [0.5, 0.6) is 0 Å². The molecule has 1 rings (SSSR count). The molecule has 1 aromatic heterocycles. The molecule has 1 N–H and O–H groups in total. The van der Waals surface area contributed by atoms with Crippen molar-refractivity contribution >= 4 is 11.6 Å². The Morgan fingerprint density at radius 2 is 1.94 bits per heavy atom. The lowest BCUT2D eigenvalue weighted by Gasteiger charge is -2.20. The van der Waals surface area contributed by atoms with Gasteiger partial charge in [0, 0.05) is 6.54 Å². The Morgan fingerprint density at radius 1 is 1.28 bits per heavy atom. The van der Waals surface area contributed by atoms with Crippen LogP contribution in [0.3, 0.4) is 0 Å². The summed E-state index contributed by atoms with van der Waals surface area (Å²) in [5, 5.41) is 8.73. The molecule has 0 fully saturated rings. The maximum atomic E-state index is 6.35. The van der Waals surface area contributed by atoms with E-state index in [0.29, 0.717) is 11.8 Å². The van der Waals surface area contributed by atoms with E-state index in [2.05, 4.69) is 38.1 Å². The Balaban J connectivity index is 2.71. The molecular weight excluding hydrogens is 246 g/mol. The lowest BCUT2D eigenvalue weighted by atomic mass is 9.91. The molecule has 2 unspecified atom stereocenters. The van der Waals surface area contributed by atoms with Crippen LogP contribution < -0.4 is 5.32 Å². The fourth-order valence-corrected chi connectivity index (χ4v) is 2.36. The molecule has 0 aromatic carbocycles. The van der Waals surface area contributed by atoms with Crippen LogP contribution in [-0.4, -0.2) is 22.9 Å². The van der Waals surface area contributed by atoms with Crippen LogP contribution in [0.4, 0.5) is 0 Å². The minimum Gasteiger partial charge on any atom is -0.317 e. The molecule has 2 atom stereocenters. The number of hydrogen-bond donors (Lipinski definition) is 1. The van der Waals surface area contributed by atoms with E-state index in [-0.39, 0.29) is 0 Å². The van der Waals surface area contributed by atoms with Gasteiger partial charge in [-0.1, -0.05) is 32.4 Å². The summed E-state index contributed by atoms with van der Waals surface area (Å²) in [6.45, 7) is 13.8. The summed E-state index contributed by atoms with van der Waals surface area (Å²) in [7, 11) is 0. The van der Waals surface area contributed by atoms with Crippen molar-refractivity contribution in [2.45, 2.75) is 47.6 Å². The third-order valence-corrected chi connectivity index (χ3v) is 4.15. The molecule has 0 aliphatic rings. The van der Waals surface area contributed by atoms with Gasteiger partial charge in [-0.15, -0.1) is 0 Å². The van der Waals surface area contributed by atoms with Gasteiger partial charge in [-0.05, 0) is 45.2 Å². The maximum absolute atomic E-state index is 6.35. The monoisotopic (exact) mass is 271 g/mol. The topological polar surface area (TPSA) is 29.9 Å². The number of halogens is 1. The van der Waals surface area contributed by atoms with Crippen LogP contribution in [0.1, 0.15) is 39.1 Å². The molecule has 0 saturated heterocycles. The van der Waals surface area contributed by atoms with Gasteiger partial charge in [-0.2, -0.15) is 5.10 Å². The molecule has 0 aliphatic carbocycles. The summed E-state index contributed by atoms with van der Waals surface area (Å²) in [6.07, 6.45) is 1.00. The lowest BCUT2D eigenvalue weighted by Crippen LogP contribution is -2.26. The third kappa shape index (κ3) is 3.72. The average Bonchev–Trinajstić information content (AvgIpc) is 2.63. The fourth-order valence-electron chi connectivity index (χ4n) is 2.14. The van der Waals surface area contributed by atoms with E-state index in [1.165, 1.54) is 5.69 Å². The molecule has 0 radical (unpaired) electrons. The molecule has 0 bridgehead atoms. The second kappa shape index (κ2) is 7.15. The molecule has 0 spiro atoms. The molecule has 0 amide bonds. The standard InChI is InChI=1S/C14H26ClN3/c1-6-16-9-11(4)10(3)8-13-14(15)12(5)17-18(13)7-2/h10-11,16H,6-9H2,1-5H3. The molecule has 4 heteroatoms. The Morgan fingerprint density at radius 3 is 2.50 bits per heavy atom. The summed E-state index contributed by atoms with van der Waals surface area (Å²) in [5.41, 5.74) is 2.13. The van der Waals surface area contributed by atoms with Crippen molar-refractivity contribution in [3.8, 4) is 0 Å². The Kier molecular flexibility index (Phi) is 6.16. The SMILES string of the molecule is CCNCC(C)C(C)Cc1c(Cl)c(C)nn1CC. The second-order valence-electron chi connectivity index (χ2n) is 5.13. The predicted octanol–water partition coefficient (Wildman–Crippen LogP) is 3.29. The number of rotatable bonds is 7. The molecular formula is C14H26ClN3. The molecule has 1 heterocycles. The predicted molar refractivity (Wildman–Crippen MR) is 78.2 cm³/mol. The summed E-state index contributed by atoms with van der Waals surface area (Å²) in [5.74, 6) is 1.24. The van der Waals surface area contributed by atoms with Gasteiger partial charge in [0.25, 0.3) is 0 Å². The van der Waals surface area contributed by atoms with Crippen LogP contribution >= 0.6 is 11.6 Å². The van der Waals surface area contributed by atoms with Gasteiger partial charge >= 0.3 is 0 Å². The van der Waals surface area contributed by atoms with Crippen LogP contribution in [0.2, 0.25) is 5.02 Å². The van der Waals surface area contributed by atoms with Crippen molar-refractivity contribution in [2.75, 3.05) is 13.1 Å². The maximum Gasteiger partial charge on any atom is 0.0847 e. The zero-order valence-corrected chi connectivity index (χ0v) is 13.0. The second-order valence-corrected chi connectivity index (χ2v) is 5.51. The number of nitrogens with one attached hydrogen (secondary N) is 1. The summed E-state index contributed by atoms with van der Waals surface area (Å²) in [6, 6.07) is 0. The first-order chi connectivity index (χ1) is 8.51. The van der Waals surface area contributed by atoms with Gasteiger partial charge in [0.15, 0.2) is 0 Å². The Hall–Kier alpha value is -0.540. The highest BCUT2D eigenvalue weighted by Crippen LogP contribution is 2.25. The zero-order chi connectivity index (χ0) is 13.7. The van der Waals surface area contributed by atoms with Crippen LogP contribution in [0.15, 0.2) is 0 Å². The number of nitrogens with zero attached hydrogens (tertiary/aromatic N) is 2. The first-order valence-corrected chi connectivity index (χ1v) is 7.31. The van der Waals surface area contributed by atoms with Crippen LogP contribution in [0.25, 0.3) is 0 Å². The van der Waals surface area contributed by atoms with E-state index in [9.17, 15) is 0 Å². The summed E-state index contributed by atoms with van der Waals surface area (Å²) < 4.78 is 2.04. The first kappa shape index (κ1) is 15.5. The van der Waals surface area contributed by atoms with Gasteiger partial charge in [0.05, 0.1) is 16.4 Å². The molecule has 18 heavy (non-hydrogen) atoms. The molecule has 3 nitrogen and oxygen atoms in total. The minimum absolute atomic E-state index is 0.600. The number of aromatic nitrogens is 2. The summed E-state index contributed by atoms with van der Waals surface area (Å²) >= 11 is 6.35. The van der Waals surface area contributed by atoms with Gasteiger partial charge < -0.3 is 5.32 Å². The fraction of sp³-hybridized carbons (Fsp3) is 0.786. The van der Waals surface area contributed by atoms with E-state index in [4.69, 9.17) is 11.6 Å². The highest BCUT2D eigenvalue weighted by molar-refractivity contribution is 6.31. The third-order valence-electron chi connectivity index (χ3n) is 3.66. The number of aryl methyl sites for hydroxylation is 2. The van der Waals surface area contributed by atoms with Crippen molar-refractivity contribution in [3.63, 3.8) is 0 Å². The quantitative estimate of drug-likeness (QED) is 0.825. The first-order valence-electron chi connectivity index (χ1n) is 6.93. The molecule has 1 aromatic rings. The zero-order valence-electron chi connectivity index (χ0n) is 12.3. The van der Waals surface area contributed by atoms with Crippen molar-refractivity contribution in [1.82, 2.24) is 15.1 Å². The van der Waals surface area contributed by atoms with Crippen molar-refractivity contribution in [2.24, 2.45) is 11.8 Å². The molecule has 0 aliphatic heterocycles. The van der Waals surface area contributed by atoms with Gasteiger partial charge in [-0.25, -0.2) is 0 Å².